The molecule has 0 bridgehead atoms. The van der Waals surface area contributed by atoms with Crippen LogP contribution >= 0.6 is 11.6 Å². The summed E-state index contributed by atoms with van der Waals surface area (Å²) in [5.74, 6) is 0.915. The van der Waals surface area contributed by atoms with E-state index in [4.69, 9.17) is 11.6 Å². The Morgan fingerprint density at radius 2 is 2.08 bits per heavy atom. The van der Waals surface area contributed by atoms with E-state index in [0.29, 0.717) is 29.9 Å². The number of imidazole rings is 1. The summed E-state index contributed by atoms with van der Waals surface area (Å²) in [6.07, 6.45) is 5.42. The summed E-state index contributed by atoms with van der Waals surface area (Å²) in [6, 6.07) is 7.66. The summed E-state index contributed by atoms with van der Waals surface area (Å²) in [5, 5.41) is 4.28. The van der Waals surface area contributed by atoms with Crippen molar-refractivity contribution in [1.29, 1.82) is 0 Å². The van der Waals surface area contributed by atoms with Crippen molar-refractivity contribution in [3.63, 3.8) is 0 Å². The van der Waals surface area contributed by atoms with Crippen molar-refractivity contribution in [2.45, 2.75) is 23.9 Å². The van der Waals surface area contributed by atoms with Gasteiger partial charge in [0, 0.05) is 43.1 Å². The van der Waals surface area contributed by atoms with E-state index in [1.807, 2.05) is 24.3 Å². The van der Waals surface area contributed by atoms with Gasteiger partial charge < -0.3 is 9.88 Å². The van der Waals surface area contributed by atoms with Crippen LogP contribution in [0.2, 0.25) is 5.02 Å². The van der Waals surface area contributed by atoms with Gasteiger partial charge in [0.2, 0.25) is 0 Å². The van der Waals surface area contributed by atoms with E-state index >= 15 is 0 Å². The molecule has 1 aromatic heterocycles. The molecule has 0 radical (unpaired) electrons. The van der Waals surface area contributed by atoms with Crippen molar-refractivity contribution < 1.29 is 8.42 Å². The molecule has 1 aliphatic heterocycles. The Balaban J connectivity index is 1.56. The molecule has 0 spiro atoms. The second-order valence-corrected chi connectivity index (χ2v) is 9.28. The van der Waals surface area contributed by atoms with Gasteiger partial charge in [0.25, 0.3) is 10.0 Å². The van der Waals surface area contributed by atoms with Gasteiger partial charge in [0.1, 0.15) is 0 Å². The Morgan fingerprint density at radius 3 is 2.72 bits per heavy atom. The molecule has 2 atom stereocenters. The number of hydrogen-bond acceptors (Lipinski definition) is 4. The lowest BCUT2D eigenvalue weighted by atomic mass is 9.98. The average molecular weight is 381 g/mol. The molecule has 134 valence electrons. The van der Waals surface area contributed by atoms with Crippen LogP contribution in [0.3, 0.4) is 0 Å². The van der Waals surface area contributed by atoms with Crippen LogP contribution < -0.4 is 5.32 Å². The van der Waals surface area contributed by atoms with Crippen molar-refractivity contribution in [3.8, 4) is 0 Å². The highest BCUT2D eigenvalue weighted by atomic mass is 35.5. The van der Waals surface area contributed by atoms with Crippen LogP contribution in [0.15, 0.2) is 41.8 Å². The van der Waals surface area contributed by atoms with Crippen LogP contribution in [-0.2, 0) is 17.1 Å². The Kier molecular flexibility index (Phi) is 4.25. The molecule has 25 heavy (non-hydrogen) atoms. The summed E-state index contributed by atoms with van der Waals surface area (Å²) in [4.78, 5) is 4.03. The van der Waals surface area contributed by atoms with Gasteiger partial charge in [-0.15, -0.1) is 0 Å². The first kappa shape index (κ1) is 16.9. The number of rotatable bonds is 5. The molecule has 4 rings (SSSR count). The number of aryl methyl sites for hydroxylation is 1. The first-order valence-electron chi connectivity index (χ1n) is 8.44. The zero-order chi connectivity index (χ0) is 17.6. The molecule has 1 aliphatic carbocycles. The van der Waals surface area contributed by atoms with Gasteiger partial charge in [-0.1, -0.05) is 17.7 Å². The monoisotopic (exact) mass is 380 g/mol. The average Bonchev–Trinajstić information content (AvgIpc) is 3.16. The molecule has 2 fully saturated rings. The SMILES string of the molecule is Cn1cnc(S(=O)(=O)N2C[C@@H](Nc3cccc(Cl)c3)[C@H](C3CC3)C2)c1. The number of nitrogens with zero attached hydrogens (tertiary/aromatic N) is 3. The van der Waals surface area contributed by atoms with Crippen LogP contribution in [0, 0.1) is 11.8 Å². The highest BCUT2D eigenvalue weighted by Gasteiger charge is 2.46. The molecular weight excluding hydrogens is 360 g/mol. The largest absolute Gasteiger partial charge is 0.381 e. The fourth-order valence-corrected chi connectivity index (χ4v) is 5.25. The van der Waals surface area contributed by atoms with Crippen molar-refractivity contribution in [1.82, 2.24) is 13.9 Å². The van der Waals surface area contributed by atoms with Gasteiger partial charge in [0.05, 0.1) is 6.33 Å². The maximum absolute atomic E-state index is 12.9. The third kappa shape index (κ3) is 3.41. The van der Waals surface area contributed by atoms with Gasteiger partial charge >= 0.3 is 0 Å². The van der Waals surface area contributed by atoms with E-state index < -0.39 is 10.0 Å². The summed E-state index contributed by atoms with van der Waals surface area (Å²) in [6.45, 7) is 0.994. The van der Waals surface area contributed by atoms with E-state index in [1.165, 1.54) is 19.2 Å². The number of halogens is 1. The number of sulfonamides is 1. The summed E-state index contributed by atoms with van der Waals surface area (Å²) >= 11 is 6.07. The van der Waals surface area contributed by atoms with Crippen LogP contribution in [0.5, 0.6) is 0 Å². The summed E-state index contributed by atoms with van der Waals surface area (Å²) < 4.78 is 29.0. The Hall–Kier alpha value is -1.57. The van der Waals surface area contributed by atoms with E-state index in [9.17, 15) is 8.42 Å². The molecule has 2 heterocycles. The Labute approximate surface area is 152 Å². The fraction of sp³-hybridized carbons (Fsp3) is 0.471. The second kappa shape index (κ2) is 6.30. The smallest absolute Gasteiger partial charge is 0.262 e. The van der Waals surface area contributed by atoms with Gasteiger partial charge in [-0.2, -0.15) is 4.31 Å². The minimum Gasteiger partial charge on any atom is -0.381 e. The standard InChI is InChI=1S/C17H21ClN4O2S/c1-21-10-17(19-11-21)25(23,24)22-8-15(12-5-6-12)16(9-22)20-14-4-2-3-13(18)7-14/h2-4,7,10-12,15-16,20H,5-6,8-9H2,1H3/t15-,16+/m0/s1. The summed E-state index contributed by atoms with van der Waals surface area (Å²) in [7, 11) is -1.78. The number of nitrogens with one attached hydrogen (secondary N) is 1. The van der Waals surface area contributed by atoms with E-state index in [-0.39, 0.29) is 11.1 Å². The molecule has 8 heteroatoms. The van der Waals surface area contributed by atoms with Crippen molar-refractivity contribution >= 4 is 27.3 Å². The van der Waals surface area contributed by atoms with Crippen molar-refractivity contribution in [3.05, 3.63) is 41.8 Å². The fourth-order valence-electron chi connectivity index (χ4n) is 3.59. The molecule has 1 N–H and O–H groups in total. The predicted octanol–water partition coefficient (Wildman–Crippen LogP) is 2.58. The van der Waals surface area contributed by atoms with Gasteiger partial charge in [-0.05, 0) is 42.9 Å². The zero-order valence-corrected chi connectivity index (χ0v) is 15.5. The number of benzene rings is 1. The second-order valence-electron chi connectivity index (χ2n) is 6.96. The van der Waals surface area contributed by atoms with Crippen molar-refractivity contribution in [2.75, 3.05) is 18.4 Å². The molecule has 0 unspecified atom stereocenters. The highest BCUT2D eigenvalue weighted by Crippen LogP contribution is 2.43. The van der Waals surface area contributed by atoms with Crippen LogP contribution in [0.1, 0.15) is 12.8 Å². The Morgan fingerprint density at radius 1 is 1.28 bits per heavy atom. The first-order valence-corrected chi connectivity index (χ1v) is 10.3. The lowest BCUT2D eigenvalue weighted by molar-refractivity contribution is 0.431. The van der Waals surface area contributed by atoms with E-state index in [1.54, 1.807) is 22.1 Å². The highest BCUT2D eigenvalue weighted by molar-refractivity contribution is 7.89. The Bertz CT molecular complexity index is 878. The van der Waals surface area contributed by atoms with Gasteiger partial charge in [0.15, 0.2) is 5.03 Å². The van der Waals surface area contributed by atoms with Gasteiger partial charge in [-0.25, -0.2) is 13.4 Å². The third-order valence-corrected chi connectivity index (χ3v) is 6.97. The lowest BCUT2D eigenvalue weighted by Crippen LogP contribution is -2.32. The molecular formula is C17H21ClN4O2S. The predicted molar refractivity (Wildman–Crippen MR) is 97.0 cm³/mol. The number of hydrogen-bond donors (Lipinski definition) is 1. The molecule has 1 saturated carbocycles. The van der Waals surface area contributed by atoms with Crippen molar-refractivity contribution in [2.24, 2.45) is 18.9 Å². The molecule has 0 amide bonds. The molecule has 6 nitrogen and oxygen atoms in total. The third-order valence-electron chi connectivity index (χ3n) is 5.02. The maximum Gasteiger partial charge on any atom is 0.262 e. The minimum atomic E-state index is -3.55. The van der Waals surface area contributed by atoms with Crippen LogP contribution in [0.25, 0.3) is 0 Å². The number of anilines is 1. The normalized spacial score (nSPS) is 24.6. The summed E-state index contributed by atoms with van der Waals surface area (Å²) in [5.41, 5.74) is 0.931. The van der Waals surface area contributed by atoms with Gasteiger partial charge in [-0.3, -0.25) is 0 Å². The molecule has 1 aromatic carbocycles. The van der Waals surface area contributed by atoms with E-state index in [2.05, 4.69) is 10.3 Å². The quantitative estimate of drug-likeness (QED) is 0.865. The first-order chi connectivity index (χ1) is 11.9. The van der Waals surface area contributed by atoms with Crippen LogP contribution in [-0.4, -0.2) is 41.4 Å². The minimum absolute atomic E-state index is 0.0875. The molecule has 2 aromatic rings. The zero-order valence-electron chi connectivity index (χ0n) is 14.0. The number of aromatic nitrogens is 2. The maximum atomic E-state index is 12.9. The molecule has 2 aliphatic rings. The lowest BCUT2D eigenvalue weighted by Gasteiger charge is -2.20. The molecule has 1 saturated heterocycles. The topological polar surface area (TPSA) is 67.2 Å². The van der Waals surface area contributed by atoms with Crippen LogP contribution in [0.4, 0.5) is 5.69 Å². The van der Waals surface area contributed by atoms with E-state index in [0.717, 1.165) is 5.69 Å².